The van der Waals surface area contributed by atoms with Crippen LogP contribution in [0.3, 0.4) is 0 Å². The van der Waals surface area contributed by atoms with Crippen LogP contribution in [0.5, 0.6) is 11.5 Å². The number of halogens is 1. The number of primary amides is 1. The molecule has 0 bridgehead atoms. The monoisotopic (exact) mass is 590 g/mol. The molecule has 4 aromatic carbocycles. The normalized spacial score (nSPS) is 10.3. The van der Waals surface area contributed by atoms with E-state index in [1.165, 1.54) is 0 Å². The van der Waals surface area contributed by atoms with Gasteiger partial charge in [-0.3, -0.25) is 14.4 Å². The summed E-state index contributed by atoms with van der Waals surface area (Å²) in [5.41, 5.74) is 7.14. The summed E-state index contributed by atoms with van der Waals surface area (Å²) in [5.74, 6) is 0.0941. The molecule has 0 unspecified atom stereocenters. The minimum atomic E-state index is -0.820. The number of carbonyl (C=O) groups excluding carboxylic acids is 2. The molecule has 4 aromatic rings. The molecule has 4 rings (SSSR count). The Kier molecular flexibility index (Phi) is 13.2. The fraction of sp³-hybridized carbons (Fsp3) is 0.242. The molecule has 8 nitrogen and oxygen atoms in total. The van der Waals surface area contributed by atoms with Crippen molar-refractivity contribution < 1.29 is 29.0 Å². The Morgan fingerprint density at radius 1 is 0.762 bits per heavy atom. The predicted molar refractivity (Wildman–Crippen MR) is 164 cm³/mol. The number of carboxylic acid groups (broad SMARTS) is 1. The molecule has 0 heterocycles. The number of fused-ring (bicyclic) bond motifs is 1. The van der Waals surface area contributed by atoms with Crippen LogP contribution in [0.2, 0.25) is 5.02 Å². The summed E-state index contributed by atoms with van der Waals surface area (Å²) in [6, 6.07) is 28.8. The number of amides is 2. The fourth-order valence-corrected chi connectivity index (χ4v) is 4.18. The molecule has 0 aliphatic carbocycles. The summed E-state index contributed by atoms with van der Waals surface area (Å²) in [6.45, 7) is 0.876. The van der Waals surface area contributed by atoms with E-state index in [4.69, 9.17) is 31.9 Å². The molecule has 2 amide bonds. The lowest BCUT2D eigenvalue weighted by atomic mass is 10.1. The number of ether oxygens (including phenoxy) is 2. The van der Waals surface area contributed by atoms with Crippen molar-refractivity contribution in [2.24, 2.45) is 5.73 Å². The number of aryl methyl sites for hydroxylation is 1. The van der Waals surface area contributed by atoms with E-state index < -0.39 is 11.9 Å². The number of nitrogens with two attached hydrogens (primary N) is 1. The van der Waals surface area contributed by atoms with E-state index in [1.807, 2.05) is 91.0 Å². The molecule has 0 fully saturated rings. The molecule has 0 saturated carbocycles. The Balaban J connectivity index is 0.000000271. The lowest BCUT2D eigenvalue weighted by molar-refractivity contribution is -0.137. The Hall–Kier alpha value is -4.56. The van der Waals surface area contributed by atoms with Gasteiger partial charge in [0.15, 0.2) is 6.61 Å². The summed E-state index contributed by atoms with van der Waals surface area (Å²) in [7, 11) is 0. The zero-order valence-electron chi connectivity index (χ0n) is 23.3. The van der Waals surface area contributed by atoms with Crippen LogP contribution in [0.15, 0.2) is 91.0 Å². The molecule has 0 aromatic heterocycles. The van der Waals surface area contributed by atoms with Crippen LogP contribution in [-0.2, 0) is 27.2 Å². The molecule has 9 heteroatoms. The van der Waals surface area contributed by atoms with Gasteiger partial charge in [-0.2, -0.15) is 0 Å². The van der Waals surface area contributed by atoms with Crippen LogP contribution in [-0.4, -0.2) is 42.6 Å². The molecule has 0 atom stereocenters. The molecule has 0 aliphatic heterocycles. The highest BCUT2D eigenvalue weighted by Crippen LogP contribution is 2.20. The number of hydrogen-bond donors (Lipinski definition) is 3. The summed E-state index contributed by atoms with van der Waals surface area (Å²) in [4.78, 5) is 32.9. The lowest BCUT2D eigenvalue weighted by Crippen LogP contribution is -2.25. The van der Waals surface area contributed by atoms with Crippen molar-refractivity contribution in [3.8, 4) is 11.5 Å². The Bertz CT molecular complexity index is 1460. The minimum Gasteiger partial charge on any atom is -0.494 e. The fourth-order valence-electron chi connectivity index (χ4n) is 3.96. The third-order valence-electron chi connectivity index (χ3n) is 6.09. The van der Waals surface area contributed by atoms with Gasteiger partial charge in [0.1, 0.15) is 11.5 Å². The Morgan fingerprint density at radius 3 is 2.21 bits per heavy atom. The predicted octanol–water partition coefficient (Wildman–Crippen LogP) is 5.58. The highest BCUT2D eigenvalue weighted by atomic mass is 35.5. The van der Waals surface area contributed by atoms with Crippen molar-refractivity contribution in [3.05, 3.63) is 107 Å². The van der Waals surface area contributed by atoms with Gasteiger partial charge in [-0.25, -0.2) is 0 Å². The molecule has 0 spiro atoms. The first kappa shape index (κ1) is 32.0. The second-order valence-corrected chi connectivity index (χ2v) is 9.92. The van der Waals surface area contributed by atoms with Crippen molar-refractivity contribution >= 4 is 40.2 Å². The van der Waals surface area contributed by atoms with Crippen LogP contribution in [0.1, 0.15) is 30.4 Å². The molecule has 0 radical (unpaired) electrons. The van der Waals surface area contributed by atoms with Gasteiger partial charge in [-0.05, 0) is 77.6 Å². The van der Waals surface area contributed by atoms with Crippen LogP contribution in [0, 0.1) is 0 Å². The van der Waals surface area contributed by atoms with Gasteiger partial charge in [0.2, 0.25) is 5.91 Å². The number of rotatable bonds is 14. The van der Waals surface area contributed by atoms with Gasteiger partial charge in [0, 0.05) is 24.4 Å². The number of nitrogens with one attached hydrogen (secondary N) is 1. The first-order valence-electron chi connectivity index (χ1n) is 13.6. The molecule has 42 heavy (non-hydrogen) atoms. The van der Waals surface area contributed by atoms with Crippen LogP contribution >= 0.6 is 11.6 Å². The van der Waals surface area contributed by atoms with Gasteiger partial charge < -0.3 is 25.6 Å². The highest BCUT2D eigenvalue weighted by Gasteiger charge is 2.04. The zero-order valence-corrected chi connectivity index (χ0v) is 24.0. The highest BCUT2D eigenvalue weighted by molar-refractivity contribution is 6.30. The van der Waals surface area contributed by atoms with E-state index in [-0.39, 0.29) is 18.9 Å². The topological polar surface area (TPSA) is 128 Å². The maximum atomic E-state index is 12.0. The zero-order chi connectivity index (χ0) is 30.2. The van der Waals surface area contributed by atoms with Gasteiger partial charge in [-0.15, -0.1) is 0 Å². The first-order chi connectivity index (χ1) is 20.3. The van der Waals surface area contributed by atoms with Crippen molar-refractivity contribution in [2.75, 3.05) is 19.8 Å². The minimum absolute atomic E-state index is 0.0195. The number of hydrogen-bond acceptors (Lipinski definition) is 5. The van der Waals surface area contributed by atoms with E-state index in [1.54, 1.807) is 0 Å². The number of benzene rings is 4. The quantitative estimate of drug-likeness (QED) is 0.165. The number of carbonyl (C=O) groups is 3. The smallest absolute Gasteiger partial charge is 0.303 e. The van der Waals surface area contributed by atoms with E-state index in [9.17, 15) is 14.4 Å². The Morgan fingerprint density at radius 2 is 1.50 bits per heavy atom. The standard InChI is InChI=1S/C21H24ClNO4.C12H11NO2/c22-18-4-1-3-17(15-18)12-13-23-20(24)11-8-16-6-9-19(10-7-16)27-14-2-5-21(25)26;13-12(14)8-15-11-6-5-9-3-1-2-4-10(9)7-11/h1,3-4,6-7,9-10,15H,2,5,8,11-14H2,(H,23,24)(H,25,26);1-7H,8H2,(H2,13,14). The molecule has 4 N–H and O–H groups in total. The third kappa shape index (κ3) is 12.3. The van der Waals surface area contributed by atoms with Crippen LogP contribution < -0.4 is 20.5 Å². The van der Waals surface area contributed by atoms with Gasteiger partial charge in [-0.1, -0.05) is 66.2 Å². The second kappa shape index (κ2) is 17.3. The first-order valence-corrected chi connectivity index (χ1v) is 14.0. The van der Waals surface area contributed by atoms with Crippen LogP contribution in [0.4, 0.5) is 0 Å². The molecular formula is C33H35ClN2O6. The second-order valence-electron chi connectivity index (χ2n) is 9.48. The van der Waals surface area contributed by atoms with E-state index in [2.05, 4.69) is 5.32 Å². The third-order valence-corrected chi connectivity index (χ3v) is 6.33. The molecule has 220 valence electrons. The van der Waals surface area contributed by atoms with Gasteiger partial charge in [0.05, 0.1) is 6.61 Å². The largest absolute Gasteiger partial charge is 0.494 e. The average Bonchev–Trinajstić information content (AvgIpc) is 2.98. The molecular weight excluding hydrogens is 556 g/mol. The number of aliphatic carboxylic acids is 1. The molecule has 0 saturated heterocycles. The van der Waals surface area contributed by atoms with E-state index in [0.29, 0.717) is 48.9 Å². The maximum absolute atomic E-state index is 12.0. The van der Waals surface area contributed by atoms with E-state index >= 15 is 0 Å². The maximum Gasteiger partial charge on any atom is 0.303 e. The van der Waals surface area contributed by atoms with Crippen molar-refractivity contribution in [1.82, 2.24) is 5.32 Å². The van der Waals surface area contributed by atoms with Gasteiger partial charge >= 0.3 is 5.97 Å². The summed E-state index contributed by atoms with van der Waals surface area (Å²) < 4.78 is 10.7. The average molecular weight is 591 g/mol. The van der Waals surface area contributed by atoms with Crippen LogP contribution in [0.25, 0.3) is 10.8 Å². The van der Waals surface area contributed by atoms with E-state index in [0.717, 1.165) is 28.3 Å². The van der Waals surface area contributed by atoms with Crippen molar-refractivity contribution in [2.45, 2.75) is 32.1 Å². The Labute approximate surface area is 250 Å². The summed E-state index contributed by atoms with van der Waals surface area (Å²) in [5, 5.41) is 14.4. The van der Waals surface area contributed by atoms with Crippen molar-refractivity contribution in [3.63, 3.8) is 0 Å². The SMILES string of the molecule is NC(=O)COc1ccc2ccccc2c1.O=C(O)CCCOc1ccc(CCC(=O)NCCc2cccc(Cl)c2)cc1. The number of carboxylic acids is 1. The molecule has 0 aliphatic rings. The van der Waals surface area contributed by atoms with Crippen molar-refractivity contribution in [1.29, 1.82) is 0 Å². The lowest BCUT2D eigenvalue weighted by Gasteiger charge is -2.08. The summed E-state index contributed by atoms with van der Waals surface area (Å²) in [6.07, 6.45) is 2.41. The summed E-state index contributed by atoms with van der Waals surface area (Å²) >= 11 is 5.94. The van der Waals surface area contributed by atoms with Gasteiger partial charge in [0.25, 0.3) is 5.91 Å².